The highest BCUT2D eigenvalue weighted by Crippen LogP contribution is 2.32. The lowest BCUT2D eigenvalue weighted by atomic mass is 9.84. The van der Waals surface area contributed by atoms with Gasteiger partial charge in [0.25, 0.3) is 5.91 Å². The van der Waals surface area contributed by atoms with Crippen LogP contribution >= 0.6 is 0 Å². The van der Waals surface area contributed by atoms with E-state index < -0.39 is 0 Å². The smallest absolute Gasteiger partial charge is 0.264 e. The molecule has 0 N–H and O–H groups in total. The molecule has 0 spiro atoms. The van der Waals surface area contributed by atoms with Crippen LogP contribution in [0.2, 0.25) is 0 Å². The minimum atomic E-state index is -0.255. The van der Waals surface area contributed by atoms with Gasteiger partial charge in [-0.15, -0.1) is 0 Å². The molecule has 0 aliphatic carbocycles. The Bertz CT molecular complexity index is 818. The first kappa shape index (κ1) is 22.5. The van der Waals surface area contributed by atoms with Crippen LogP contribution in [0.1, 0.15) is 44.2 Å². The second-order valence-electron chi connectivity index (χ2n) is 9.71. The minimum Gasteiger partial charge on any atom is -0.379 e. The molecule has 0 saturated carbocycles. The molecule has 0 bridgehead atoms. The molecular formula is C25H35N3O2. The van der Waals surface area contributed by atoms with E-state index in [0.29, 0.717) is 24.9 Å². The highest BCUT2D eigenvalue weighted by atomic mass is 16.5. The maximum absolute atomic E-state index is 13.3. The van der Waals surface area contributed by atoms with E-state index in [-0.39, 0.29) is 16.9 Å². The van der Waals surface area contributed by atoms with E-state index >= 15 is 0 Å². The number of carbonyl (C=O) groups is 1. The molecule has 2 heterocycles. The van der Waals surface area contributed by atoms with E-state index in [1.54, 1.807) is 0 Å². The molecule has 2 saturated heterocycles. The van der Waals surface area contributed by atoms with Gasteiger partial charge in [-0.25, -0.2) is 0 Å². The average Bonchev–Trinajstić information content (AvgIpc) is 2.71. The Balaban J connectivity index is 1.73. The number of benzene rings is 1. The van der Waals surface area contributed by atoms with Crippen LogP contribution in [-0.2, 0) is 9.53 Å². The maximum Gasteiger partial charge on any atom is 0.264 e. The van der Waals surface area contributed by atoms with Crippen LogP contribution in [0.3, 0.4) is 0 Å². The third kappa shape index (κ3) is 5.93. The Morgan fingerprint density at radius 2 is 2.03 bits per heavy atom. The normalized spacial score (nSPS) is 23.8. The Morgan fingerprint density at radius 3 is 2.70 bits per heavy atom. The number of ether oxygens (including phenoxy) is 1. The number of hydrogen-bond acceptors (Lipinski definition) is 4. The van der Waals surface area contributed by atoms with Crippen molar-refractivity contribution in [2.75, 3.05) is 45.9 Å². The zero-order chi connectivity index (χ0) is 21.7. The van der Waals surface area contributed by atoms with Gasteiger partial charge in [-0.3, -0.25) is 9.69 Å². The van der Waals surface area contributed by atoms with E-state index in [1.807, 2.05) is 11.0 Å². The molecule has 2 atom stereocenters. The predicted octanol–water partition coefficient (Wildman–Crippen LogP) is 3.76. The number of rotatable bonds is 5. The third-order valence-electron chi connectivity index (χ3n) is 6.08. The summed E-state index contributed by atoms with van der Waals surface area (Å²) in [6, 6.07) is 10.8. The van der Waals surface area contributed by atoms with Crippen molar-refractivity contribution in [3.8, 4) is 6.07 Å². The van der Waals surface area contributed by atoms with Gasteiger partial charge in [0.1, 0.15) is 11.6 Å². The number of nitriles is 1. The number of carbonyl (C=O) groups excluding carboxylic acids is 1. The molecule has 1 amide bonds. The molecule has 1 aromatic carbocycles. The zero-order valence-electron chi connectivity index (χ0n) is 18.9. The first-order valence-electron chi connectivity index (χ1n) is 11.1. The molecule has 0 radical (unpaired) electrons. The first-order chi connectivity index (χ1) is 14.3. The maximum atomic E-state index is 13.3. The minimum absolute atomic E-state index is 0.128. The van der Waals surface area contributed by atoms with Gasteiger partial charge < -0.3 is 9.64 Å². The molecule has 0 aromatic heterocycles. The number of morpholine rings is 1. The summed E-state index contributed by atoms with van der Waals surface area (Å²) >= 11 is 0. The van der Waals surface area contributed by atoms with Gasteiger partial charge in [0.15, 0.2) is 0 Å². The topological polar surface area (TPSA) is 56.6 Å². The fraction of sp³-hybridized carbons (Fsp3) is 0.600. The van der Waals surface area contributed by atoms with Gasteiger partial charge in [0, 0.05) is 38.6 Å². The van der Waals surface area contributed by atoms with E-state index in [4.69, 9.17) is 4.74 Å². The average molecular weight is 410 g/mol. The monoisotopic (exact) mass is 409 g/mol. The summed E-state index contributed by atoms with van der Waals surface area (Å²) in [6.07, 6.45) is 2.95. The van der Waals surface area contributed by atoms with Crippen molar-refractivity contribution < 1.29 is 9.53 Å². The van der Waals surface area contributed by atoms with Crippen LogP contribution in [0.15, 0.2) is 35.9 Å². The van der Waals surface area contributed by atoms with Gasteiger partial charge in [-0.05, 0) is 30.2 Å². The van der Waals surface area contributed by atoms with Crippen LogP contribution in [-0.4, -0.2) is 61.6 Å². The van der Waals surface area contributed by atoms with Crippen molar-refractivity contribution in [1.82, 2.24) is 9.80 Å². The van der Waals surface area contributed by atoms with Crippen LogP contribution in [0.5, 0.6) is 0 Å². The predicted molar refractivity (Wildman–Crippen MR) is 119 cm³/mol. The Labute approximate surface area is 181 Å². The SMILES string of the molecule is Cc1cccc(C2CC(C)CN(C(=O)/C(C#N)=C/C(C)(C)CN3CCOCC3)C2)c1. The Hall–Kier alpha value is -2.16. The molecule has 2 fully saturated rings. The summed E-state index contributed by atoms with van der Waals surface area (Å²) in [6.45, 7) is 14.0. The molecule has 5 heteroatoms. The number of amides is 1. The quantitative estimate of drug-likeness (QED) is 0.549. The largest absolute Gasteiger partial charge is 0.379 e. The molecule has 162 valence electrons. The standard InChI is InChI=1S/C25H35N3O2/c1-19-6-5-7-21(12-19)22-13-20(2)16-28(17-22)24(29)23(15-26)14-25(3,4)18-27-8-10-30-11-9-27/h5-7,12,14,20,22H,8-11,13,16-18H2,1-4H3/b23-14+. The van der Waals surface area contributed by atoms with Gasteiger partial charge in [0.05, 0.1) is 13.2 Å². The molecule has 2 aliphatic heterocycles. The number of nitrogens with zero attached hydrogens (tertiary/aromatic N) is 3. The highest BCUT2D eigenvalue weighted by Gasteiger charge is 2.31. The third-order valence-corrected chi connectivity index (χ3v) is 6.08. The fourth-order valence-electron chi connectivity index (χ4n) is 4.77. The lowest BCUT2D eigenvalue weighted by molar-refractivity contribution is -0.128. The summed E-state index contributed by atoms with van der Waals surface area (Å²) < 4.78 is 5.43. The van der Waals surface area contributed by atoms with Crippen molar-refractivity contribution >= 4 is 5.91 Å². The lowest BCUT2D eigenvalue weighted by Gasteiger charge is -2.37. The fourth-order valence-corrected chi connectivity index (χ4v) is 4.77. The second-order valence-corrected chi connectivity index (χ2v) is 9.71. The summed E-state index contributed by atoms with van der Waals surface area (Å²) in [5.74, 6) is 0.602. The number of hydrogen-bond donors (Lipinski definition) is 0. The van der Waals surface area contributed by atoms with Crippen molar-refractivity contribution in [1.29, 1.82) is 5.26 Å². The first-order valence-corrected chi connectivity index (χ1v) is 11.1. The van der Waals surface area contributed by atoms with Crippen LogP contribution in [0, 0.1) is 29.6 Å². The van der Waals surface area contributed by atoms with E-state index in [9.17, 15) is 10.1 Å². The van der Waals surface area contributed by atoms with Crippen LogP contribution in [0.25, 0.3) is 0 Å². The molecule has 2 unspecified atom stereocenters. The number of likely N-dealkylation sites (tertiary alicyclic amines) is 1. The lowest BCUT2D eigenvalue weighted by Crippen LogP contribution is -2.44. The summed E-state index contributed by atoms with van der Waals surface area (Å²) in [4.78, 5) is 17.5. The second kappa shape index (κ2) is 9.76. The van der Waals surface area contributed by atoms with Gasteiger partial charge >= 0.3 is 0 Å². The van der Waals surface area contributed by atoms with Gasteiger partial charge in [0.2, 0.25) is 0 Å². The summed E-state index contributed by atoms with van der Waals surface area (Å²) in [5.41, 5.74) is 2.54. The molecule has 2 aliphatic rings. The summed E-state index contributed by atoms with van der Waals surface area (Å²) in [7, 11) is 0. The van der Waals surface area contributed by atoms with E-state index in [0.717, 1.165) is 39.3 Å². The molecular weight excluding hydrogens is 374 g/mol. The highest BCUT2D eigenvalue weighted by molar-refractivity contribution is 5.97. The molecule has 3 rings (SSSR count). The van der Waals surface area contributed by atoms with Crippen molar-refractivity contribution in [2.24, 2.45) is 11.3 Å². The molecule has 5 nitrogen and oxygen atoms in total. The summed E-state index contributed by atoms with van der Waals surface area (Å²) in [5, 5.41) is 9.78. The van der Waals surface area contributed by atoms with Crippen molar-refractivity contribution in [3.05, 3.63) is 47.0 Å². The number of aryl methyl sites for hydroxylation is 1. The van der Waals surface area contributed by atoms with Gasteiger partial charge in [-0.2, -0.15) is 5.26 Å². The Kier molecular flexibility index (Phi) is 7.33. The Morgan fingerprint density at radius 1 is 1.30 bits per heavy atom. The van der Waals surface area contributed by atoms with E-state index in [1.165, 1.54) is 11.1 Å². The van der Waals surface area contributed by atoms with Crippen molar-refractivity contribution in [3.63, 3.8) is 0 Å². The van der Waals surface area contributed by atoms with Crippen LogP contribution < -0.4 is 0 Å². The van der Waals surface area contributed by atoms with E-state index in [2.05, 4.69) is 62.9 Å². The number of piperidine rings is 1. The van der Waals surface area contributed by atoms with Gasteiger partial charge in [-0.1, -0.05) is 56.7 Å². The molecule has 30 heavy (non-hydrogen) atoms. The van der Waals surface area contributed by atoms with Crippen LogP contribution in [0.4, 0.5) is 0 Å². The zero-order valence-corrected chi connectivity index (χ0v) is 18.9. The molecule has 1 aromatic rings. The van der Waals surface area contributed by atoms with Crippen molar-refractivity contribution in [2.45, 2.75) is 40.0 Å².